The third kappa shape index (κ3) is 3.33. The molecule has 1 saturated heterocycles. The molecule has 1 aromatic carbocycles. The lowest BCUT2D eigenvalue weighted by Crippen LogP contribution is -2.42. The molecule has 1 N–H and O–H groups in total. The van der Waals surface area contributed by atoms with Gasteiger partial charge in [0.2, 0.25) is 0 Å². The van der Waals surface area contributed by atoms with Crippen molar-refractivity contribution in [2.24, 2.45) is 0 Å². The van der Waals surface area contributed by atoms with Gasteiger partial charge in [0, 0.05) is 12.6 Å². The van der Waals surface area contributed by atoms with Gasteiger partial charge in [0.1, 0.15) is 0 Å². The lowest BCUT2D eigenvalue weighted by Gasteiger charge is -2.34. The Morgan fingerprint density at radius 2 is 1.89 bits per heavy atom. The van der Waals surface area contributed by atoms with Gasteiger partial charge in [-0.3, -0.25) is 4.90 Å². The molecule has 2 rings (SSSR count). The Morgan fingerprint density at radius 1 is 1.17 bits per heavy atom. The van der Waals surface area contributed by atoms with Gasteiger partial charge in [-0.1, -0.05) is 25.1 Å². The number of aryl methyl sites for hydroxylation is 2. The predicted molar refractivity (Wildman–Crippen MR) is 77.9 cm³/mol. The Kier molecular flexibility index (Phi) is 4.79. The maximum atomic E-state index is 3.45. The number of hydrogen-bond donors (Lipinski definition) is 1. The quantitative estimate of drug-likeness (QED) is 0.879. The highest BCUT2D eigenvalue weighted by atomic mass is 15.2. The normalized spacial score (nSPS) is 17.3. The van der Waals surface area contributed by atoms with Crippen LogP contribution < -0.4 is 5.32 Å². The van der Waals surface area contributed by atoms with E-state index in [2.05, 4.69) is 49.2 Å². The summed E-state index contributed by atoms with van der Waals surface area (Å²) in [6.07, 6.45) is 2.58. The van der Waals surface area contributed by atoms with Crippen LogP contribution in [0.5, 0.6) is 0 Å². The fourth-order valence-electron chi connectivity index (χ4n) is 2.81. The van der Waals surface area contributed by atoms with Crippen LogP contribution >= 0.6 is 0 Å². The summed E-state index contributed by atoms with van der Waals surface area (Å²) < 4.78 is 0. The average Bonchev–Trinajstić information content (AvgIpc) is 2.41. The topological polar surface area (TPSA) is 15.3 Å². The molecule has 100 valence electrons. The number of benzene rings is 1. The Labute approximate surface area is 111 Å². The Bertz CT molecular complexity index is 381. The van der Waals surface area contributed by atoms with Crippen molar-refractivity contribution in [3.05, 3.63) is 34.9 Å². The van der Waals surface area contributed by atoms with Crippen molar-refractivity contribution < 1.29 is 0 Å². The lowest BCUT2D eigenvalue weighted by atomic mass is 10.0. The second-order valence-corrected chi connectivity index (χ2v) is 5.46. The second kappa shape index (κ2) is 6.35. The summed E-state index contributed by atoms with van der Waals surface area (Å²) in [4.78, 5) is 2.63. The van der Waals surface area contributed by atoms with Crippen LogP contribution in [-0.4, -0.2) is 30.6 Å². The number of nitrogens with one attached hydrogen (secondary N) is 1. The van der Waals surface area contributed by atoms with Crippen molar-refractivity contribution in [3.8, 4) is 0 Å². The van der Waals surface area contributed by atoms with Gasteiger partial charge in [-0.05, 0) is 63.0 Å². The summed E-state index contributed by atoms with van der Waals surface area (Å²) in [6, 6.07) is 7.64. The highest BCUT2D eigenvalue weighted by Crippen LogP contribution is 2.17. The van der Waals surface area contributed by atoms with Crippen LogP contribution in [0.15, 0.2) is 18.2 Å². The first kappa shape index (κ1) is 13.6. The molecule has 0 aromatic heterocycles. The molecule has 1 aliphatic rings. The van der Waals surface area contributed by atoms with E-state index in [0.717, 1.165) is 19.1 Å². The van der Waals surface area contributed by atoms with Crippen molar-refractivity contribution >= 4 is 0 Å². The van der Waals surface area contributed by atoms with E-state index in [-0.39, 0.29) is 0 Å². The van der Waals surface area contributed by atoms with Crippen molar-refractivity contribution in [2.75, 3.05) is 19.6 Å². The van der Waals surface area contributed by atoms with Gasteiger partial charge >= 0.3 is 0 Å². The highest BCUT2D eigenvalue weighted by Gasteiger charge is 2.19. The molecular weight excluding hydrogens is 220 g/mol. The first-order valence-corrected chi connectivity index (χ1v) is 7.21. The molecule has 0 radical (unpaired) electrons. The smallest absolute Gasteiger partial charge is 0.0236 e. The third-order valence-corrected chi connectivity index (χ3v) is 4.19. The maximum Gasteiger partial charge on any atom is 0.0236 e. The maximum absolute atomic E-state index is 3.45. The second-order valence-electron chi connectivity index (χ2n) is 5.46. The van der Waals surface area contributed by atoms with Gasteiger partial charge in [-0.25, -0.2) is 0 Å². The van der Waals surface area contributed by atoms with E-state index in [1.807, 2.05) is 0 Å². The van der Waals surface area contributed by atoms with E-state index >= 15 is 0 Å². The summed E-state index contributed by atoms with van der Waals surface area (Å²) in [5.41, 5.74) is 4.26. The minimum absolute atomic E-state index is 0.762. The van der Waals surface area contributed by atoms with Gasteiger partial charge < -0.3 is 5.32 Å². The Balaban J connectivity index is 2.02. The van der Waals surface area contributed by atoms with Crippen LogP contribution in [0.25, 0.3) is 0 Å². The van der Waals surface area contributed by atoms with Crippen molar-refractivity contribution in [1.82, 2.24) is 10.2 Å². The fourth-order valence-corrected chi connectivity index (χ4v) is 2.81. The zero-order valence-electron chi connectivity index (χ0n) is 12.0. The van der Waals surface area contributed by atoms with Gasteiger partial charge in [-0.15, -0.1) is 0 Å². The van der Waals surface area contributed by atoms with Gasteiger partial charge in [0.05, 0.1) is 0 Å². The Hall–Kier alpha value is -0.860. The predicted octanol–water partition coefficient (Wildman–Crippen LogP) is 2.88. The molecule has 1 aliphatic heterocycles. The van der Waals surface area contributed by atoms with Crippen LogP contribution in [0.4, 0.5) is 0 Å². The molecule has 1 heterocycles. The molecule has 0 atom stereocenters. The summed E-state index contributed by atoms with van der Waals surface area (Å²) in [6.45, 7) is 11.3. The minimum Gasteiger partial charge on any atom is -0.317 e. The number of rotatable bonds is 4. The molecule has 0 saturated carbocycles. The monoisotopic (exact) mass is 246 g/mol. The van der Waals surface area contributed by atoms with Crippen molar-refractivity contribution in [1.29, 1.82) is 0 Å². The average molecular weight is 246 g/mol. The van der Waals surface area contributed by atoms with E-state index in [1.54, 1.807) is 0 Å². The number of piperidine rings is 1. The van der Waals surface area contributed by atoms with Crippen LogP contribution in [0.2, 0.25) is 0 Å². The molecule has 0 spiro atoms. The first-order chi connectivity index (χ1) is 8.70. The summed E-state index contributed by atoms with van der Waals surface area (Å²) in [7, 11) is 0. The molecule has 2 heteroatoms. The van der Waals surface area contributed by atoms with E-state index in [9.17, 15) is 0 Å². The molecule has 2 nitrogen and oxygen atoms in total. The third-order valence-electron chi connectivity index (χ3n) is 4.19. The van der Waals surface area contributed by atoms with E-state index < -0.39 is 0 Å². The fraction of sp³-hybridized carbons (Fsp3) is 0.625. The van der Waals surface area contributed by atoms with Crippen LogP contribution in [0.1, 0.15) is 36.5 Å². The van der Waals surface area contributed by atoms with Crippen LogP contribution in [-0.2, 0) is 6.54 Å². The highest BCUT2D eigenvalue weighted by molar-refractivity contribution is 5.29. The number of hydrogen-bond acceptors (Lipinski definition) is 2. The zero-order valence-corrected chi connectivity index (χ0v) is 12.0. The van der Waals surface area contributed by atoms with Crippen LogP contribution in [0, 0.1) is 13.8 Å². The van der Waals surface area contributed by atoms with E-state index in [4.69, 9.17) is 0 Å². The summed E-state index contributed by atoms with van der Waals surface area (Å²) in [5, 5.41) is 3.45. The molecule has 1 aromatic rings. The van der Waals surface area contributed by atoms with Gasteiger partial charge in [0.15, 0.2) is 0 Å². The summed E-state index contributed by atoms with van der Waals surface area (Å²) in [5.74, 6) is 0. The molecule has 18 heavy (non-hydrogen) atoms. The lowest BCUT2D eigenvalue weighted by molar-refractivity contribution is 0.162. The van der Waals surface area contributed by atoms with E-state index in [0.29, 0.717) is 0 Å². The van der Waals surface area contributed by atoms with Gasteiger partial charge in [-0.2, -0.15) is 0 Å². The van der Waals surface area contributed by atoms with Gasteiger partial charge in [0.25, 0.3) is 0 Å². The minimum atomic E-state index is 0.762. The SMILES string of the molecule is CCN(Cc1ccc(C)c(C)c1)C1CCNCC1. The van der Waals surface area contributed by atoms with Crippen LogP contribution in [0.3, 0.4) is 0 Å². The zero-order chi connectivity index (χ0) is 13.0. The van der Waals surface area contributed by atoms with E-state index in [1.165, 1.54) is 42.6 Å². The largest absolute Gasteiger partial charge is 0.317 e. The first-order valence-electron chi connectivity index (χ1n) is 7.21. The molecule has 0 amide bonds. The summed E-state index contributed by atoms with van der Waals surface area (Å²) >= 11 is 0. The molecule has 0 unspecified atom stereocenters. The molecule has 1 fully saturated rings. The number of nitrogens with zero attached hydrogens (tertiary/aromatic N) is 1. The van der Waals surface area contributed by atoms with Crippen molar-refractivity contribution in [2.45, 2.75) is 46.2 Å². The van der Waals surface area contributed by atoms with Crippen molar-refractivity contribution in [3.63, 3.8) is 0 Å². The standard InChI is InChI=1S/C16H26N2/c1-4-18(16-7-9-17-10-8-16)12-15-6-5-13(2)14(3)11-15/h5-6,11,16-17H,4,7-10,12H2,1-3H3. The molecular formula is C16H26N2. The molecule has 0 aliphatic carbocycles. The molecule has 0 bridgehead atoms. The Morgan fingerprint density at radius 3 is 2.50 bits per heavy atom.